The standard InChI is InChI=1S/C11H10BrClN2O/c1-14-5-9-11(16-6-15-9)7-3-2-4-8(12)10(7)13/h2-4,6,14H,5H2,1H3. The molecule has 0 bridgehead atoms. The smallest absolute Gasteiger partial charge is 0.181 e. The molecule has 0 fully saturated rings. The van der Waals surface area contributed by atoms with Crippen LogP contribution in [0.3, 0.4) is 0 Å². The Labute approximate surface area is 107 Å². The Bertz CT molecular complexity index is 498. The number of nitrogens with one attached hydrogen (secondary N) is 1. The van der Waals surface area contributed by atoms with Gasteiger partial charge in [-0.05, 0) is 35.1 Å². The Balaban J connectivity index is 2.50. The minimum atomic E-state index is 0.636. The van der Waals surface area contributed by atoms with Crippen LogP contribution in [0.1, 0.15) is 5.69 Å². The van der Waals surface area contributed by atoms with Crippen molar-refractivity contribution in [3.63, 3.8) is 0 Å². The second-order valence-electron chi connectivity index (χ2n) is 3.26. The van der Waals surface area contributed by atoms with Crippen molar-refractivity contribution < 1.29 is 4.42 Å². The second-order valence-corrected chi connectivity index (χ2v) is 4.49. The normalized spacial score (nSPS) is 10.7. The molecule has 0 aliphatic heterocycles. The lowest BCUT2D eigenvalue weighted by atomic mass is 10.1. The Kier molecular flexibility index (Phi) is 3.63. The topological polar surface area (TPSA) is 38.1 Å². The van der Waals surface area contributed by atoms with Gasteiger partial charge in [0.1, 0.15) is 5.69 Å². The van der Waals surface area contributed by atoms with E-state index in [1.807, 2.05) is 25.2 Å². The van der Waals surface area contributed by atoms with Gasteiger partial charge in [-0.2, -0.15) is 0 Å². The van der Waals surface area contributed by atoms with Crippen LogP contribution in [0.15, 0.2) is 33.5 Å². The third kappa shape index (κ3) is 2.14. The molecule has 0 amide bonds. The molecule has 0 aliphatic rings. The van der Waals surface area contributed by atoms with E-state index in [1.54, 1.807) is 0 Å². The number of oxazole rings is 1. The maximum absolute atomic E-state index is 6.20. The van der Waals surface area contributed by atoms with Crippen molar-refractivity contribution in [2.45, 2.75) is 6.54 Å². The summed E-state index contributed by atoms with van der Waals surface area (Å²) in [4.78, 5) is 4.15. The quantitative estimate of drug-likeness (QED) is 0.943. The first kappa shape index (κ1) is 11.6. The first-order chi connectivity index (χ1) is 7.74. The molecular formula is C11H10BrClN2O. The zero-order chi connectivity index (χ0) is 11.5. The fourth-order valence-electron chi connectivity index (χ4n) is 1.46. The fraction of sp³-hybridized carbons (Fsp3) is 0.182. The summed E-state index contributed by atoms with van der Waals surface area (Å²) < 4.78 is 6.23. The van der Waals surface area contributed by atoms with E-state index in [0.717, 1.165) is 15.7 Å². The molecule has 5 heteroatoms. The molecule has 0 saturated heterocycles. The number of halogens is 2. The first-order valence-corrected chi connectivity index (χ1v) is 5.92. The van der Waals surface area contributed by atoms with Crippen LogP contribution in [0.4, 0.5) is 0 Å². The molecule has 0 saturated carbocycles. The lowest BCUT2D eigenvalue weighted by molar-refractivity contribution is 0.570. The van der Waals surface area contributed by atoms with Gasteiger partial charge in [0, 0.05) is 16.6 Å². The summed E-state index contributed by atoms with van der Waals surface area (Å²) in [5, 5.41) is 3.67. The van der Waals surface area contributed by atoms with Crippen LogP contribution in [0.25, 0.3) is 11.3 Å². The SMILES string of the molecule is CNCc1ncoc1-c1cccc(Br)c1Cl. The molecule has 0 spiro atoms. The van der Waals surface area contributed by atoms with Gasteiger partial charge in [0.05, 0.1) is 5.02 Å². The van der Waals surface area contributed by atoms with Crippen LogP contribution in [0.2, 0.25) is 5.02 Å². The number of rotatable bonds is 3. The number of hydrogen-bond donors (Lipinski definition) is 1. The number of aromatic nitrogens is 1. The summed E-state index contributed by atoms with van der Waals surface area (Å²) in [6, 6.07) is 5.71. The number of hydrogen-bond acceptors (Lipinski definition) is 3. The van der Waals surface area contributed by atoms with Gasteiger partial charge in [-0.3, -0.25) is 0 Å². The van der Waals surface area contributed by atoms with Crippen LogP contribution in [0.5, 0.6) is 0 Å². The van der Waals surface area contributed by atoms with E-state index in [2.05, 4.69) is 26.2 Å². The van der Waals surface area contributed by atoms with E-state index in [9.17, 15) is 0 Å². The van der Waals surface area contributed by atoms with E-state index in [4.69, 9.17) is 16.0 Å². The van der Waals surface area contributed by atoms with Gasteiger partial charge < -0.3 is 9.73 Å². The van der Waals surface area contributed by atoms with Crippen LogP contribution in [-0.2, 0) is 6.54 Å². The van der Waals surface area contributed by atoms with Crippen molar-refractivity contribution in [1.29, 1.82) is 0 Å². The molecule has 16 heavy (non-hydrogen) atoms. The Hall–Kier alpha value is -0.840. The van der Waals surface area contributed by atoms with E-state index < -0.39 is 0 Å². The predicted octanol–water partition coefficient (Wildman–Crippen LogP) is 3.48. The highest BCUT2D eigenvalue weighted by atomic mass is 79.9. The van der Waals surface area contributed by atoms with Crippen molar-refractivity contribution in [3.05, 3.63) is 39.8 Å². The first-order valence-electron chi connectivity index (χ1n) is 4.75. The lowest BCUT2D eigenvalue weighted by Gasteiger charge is -2.04. The molecule has 1 heterocycles. The van der Waals surface area contributed by atoms with Gasteiger partial charge in [0.15, 0.2) is 12.2 Å². The summed E-state index contributed by atoms with van der Waals surface area (Å²) in [5.74, 6) is 0.709. The van der Waals surface area contributed by atoms with Crippen molar-refractivity contribution in [3.8, 4) is 11.3 Å². The third-order valence-corrected chi connectivity index (χ3v) is 3.48. The minimum absolute atomic E-state index is 0.636. The number of benzene rings is 1. The van der Waals surface area contributed by atoms with Crippen LogP contribution in [-0.4, -0.2) is 12.0 Å². The van der Waals surface area contributed by atoms with E-state index in [0.29, 0.717) is 17.3 Å². The summed E-state index contributed by atoms with van der Waals surface area (Å²) in [7, 11) is 1.86. The van der Waals surface area contributed by atoms with Crippen molar-refractivity contribution in [2.24, 2.45) is 0 Å². The highest BCUT2D eigenvalue weighted by Gasteiger charge is 2.14. The molecular weight excluding hydrogens is 291 g/mol. The molecule has 1 N–H and O–H groups in total. The maximum atomic E-state index is 6.20. The van der Waals surface area contributed by atoms with Crippen molar-refractivity contribution >= 4 is 27.5 Å². The largest absolute Gasteiger partial charge is 0.443 e. The van der Waals surface area contributed by atoms with E-state index >= 15 is 0 Å². The summed E-state index contributed by atoms with van der Waals surface area (Å²) in [6.07, 6.45) is 1.43. The van der Waals surface area contributed by atoms with Gasteiger partial charge in [0.25, 0.3) is 0 Å². The summed E-state index contributed by atoms with van der Waals surface area (Å²) >= 11 is 9.59. The van der Waals surface area contributed by atoms with E-state index in [-0.39, 0.29) is 0 Å². The highest BCUT2D eigenvalue weighted by Crippen LogP contribution is 2.34. The zero-order valence-electron chi connectivity index (χ0n) is 8.63. The monoisotopic (exact) mass is 300 g/mol. The van der Waals surface area contributed by atoms with Crippen molar-refractivity contribution in [2.75, 3.05) is 7.05 Å². The van der Waals surface area contributed by atoms with Crippen LogP contribution in [0, 0.1) is 0 Å². The van der Waals surface area contributed by atoms with Gasteiger partial charge in [-0.15, -0.1) is 0 Å². The Morgan fingerprint density at radius 1 is 1.50 bits per heavy atom. The van der Waals surface area contributed by atoms with Crippen LogP contribution < -0.4 is 5.32 Å². The fourth-order valence-corrected chi connectivity index (χ4v) is 2.04. The molecule has 0 aliphatic carbocycles. The predicted molar refractivity (Wildman–Crippen MR) is 67.4 cm³/mol. The summed E-state index contributed by atoms with van der Waals surface area (Å²) in [6.45, 7) is 0.647. The third-order valence-electron chi connectivity index (χ3n) is 2.18. The van der Waals surface area contributed by atoms with Gasteiger partial charge in [-0.1, -0.05) is 17.7 Å². The molecule has 2 rings (SSSR count). The Morgan fingerprint density at radius 2 is 2.31 bits per heavy atom. The molecule has 3 nitrogen and oxygen atoms in total. The zero-order valence-corrected chi connectivity index (χ0v) is 11.0. The van der Waals surface area contributed by atoms with Crippen molar-refractivity contribution in [1.82, 2.24) is 10.3 Å². The number of nitrogens with zero attached hydrogens (tertiary/aromatic N) is 1. The second kappa shape index (κ2) is 4.99. The molecule has 0 unspecified atom stereocenters. The van der Waals surface area contributed by atoms with Gasteiger partial charge >= 0.3 is 0 Å². The minimum Gasteiger partial charge on any atom is -0.443 e. The van der Waals surface area contributed by atoms with Crippen LogP contribution >= 0.6 is 27.5 Å². The highest BCUT2D eigenvalue weighted by molar-refractivity contribution is 9.10. The Morgan fingerprint density at radius 3 is 3.06 bits per heavy atom. The molecule has 1 aromatic heterocycles. The average Bonchev–Trinajstić information content (AvgIpc) is 2.71. The molecule has 1 aromatic carbocycles. The molecule has 84 valence electrons. The molecule has 0 radical (unpaired) electrons. The summed E-state index contributed by atoms with van der Waals surface area (Å²) in [5.41, 5.74) is 1.70. The average molecular weight is 302 g/mol. The van der Waals surface area contributed by atoms with Gasteiger partial charge in [0.2, 0.25) is 0 Å². The maximum Gasteiger partial charge on any atom is 0.181 e. The molecule has 2 aromatic rings. The molecule has 0 atom stereocenters. The van der Waals surface area contributed by atoms with E-state index in [1.165, 1.54) is 6.39 Å². The lowest BCUT2D eigenvalue weighted by Crippen LogP contribution is -2.06. The van der Waals surface area contributed by atoms with Gasteiger partial charge in [-0.25, -0.2) is 4.98 Å².